The Morgan fingerprint density at radius 2 is 1.75 bits per heavy atom. The third-order valence-corrected chi connectivity index (χ3v) is 3.45. The van der Waals surface area contributed by atoms with E-state index in [1.54, 1.807) is 0 Å². The second kappa shape index (κ2) is 9.65. The van der Waals surface area contributed by atoms with Crippen molar-refractivity contribution in [3.05, 3.63) is 59.7 Å². The van der Waals surface area contributed by atoms with E-state index < -0.39 is 11.6 Å². The molecule has 0 saturated heterocycles. The number of benzene rings is 2. The van der Waals surface area contributed by atoms with Gasteiger partial charge in [0, 0.05) is 5.56 Å². The van der Waals surface area contributed by atoms with Gasteiger partial charge >= 0.3 is 0 Å². The molecule has 0 fully saturated rings. The zero-order valence-electron chi connectivity index (χ0n) is 13.8. The molecule has 0 atom stereocenters. The van der Waals surface area contributed by atoms with Crippen molar-refractivity contribution in [2.24, 2.45) is 5.10 Å². The minimum atomic E-state index is -0.716. The lowest BCUT2D eigenvalue weighted by atomic mass is 10.2. The Bertz CT molecular complexity index is 637. The van der Waals surface area contributed by atoms with Gasteiger partial charge in [-0.2, -0.15) is 5.10 Å². The van der Waals surface area contributed by atoms with E-state index in [2.05, 4.69) is 17.5 Å². The van der Waals surface area contributed by atoms with E-state index in [9.17, 15) is 8.78 Å². The first-order valence-corrected chi connectivity index (χ1v) is 8.16. The van der Waals surface area contributed by atoms with Crippen LogP contribution in [-0.4, -0.2) is 12.8 Å². The highest BCUT2D eigenvalue weighted by Crippen LogP contribution is 2.23. The average Bonchev–Trinajstić information content (AvgIpc) is 2.58. The van der Waals surface area contributed by atoms with Crippen molar-refractivity contribution < 1.29 is 13.5 Å². The summed E-state index contributed by atoms with van der Waals surface area (Å²) in [5.41, 5.74) is 3.91. The summed E-state index contributed by atoms with van der Waals surface area (Å²) in [6.07, 6.45) is 5.35. The van der Waals surface area contributed by atoms with Crippen LogP contribution >= 0.6 is 0 Å². The Labute approximate surface area is 141 Å². The number of para-hydroxylation sites is 1. The first-order chi connectivity index (χ1) is 11.7. The molecule has 128 valence electrons. The number of anilines is 1. The lowest BCUT2D eigenvalue weighted by Gasteiger charge is -2.09. The summed E-state index contributed by atoms with van der Waals surface area (Å²) in [6.45, 7) is 2.42. The third-order valence-electron chi connectivity index (χ3n) is 3.45. The van der Waals surface area contributed by atoms with E-state index in [1.807, 2.05) is 30.3 Å². The summed E-state index contributed by atoms with van der Waals surface area (Å²) in [6, 6.07) is 11.7. The van der Waals surface area contributed by atoms with E-state index in [0.717, 1.165) is 31.4 Å². The first kappa shape index (κ1) is 17.9. The van der Waals surface area contributed by atoms with Crippen LogP contribution < -0.4 is 10.2 Å². The Balaban J connectivity index is 1.93. The third kappa shape index (κ3) is 5.65. The van der Waals surface area contributed by atoms with Crippen molar-refractivity contribution in [2.45, 2.75) is 32.6 Å². The number of hydrogen-bond donors (Lipinski definition) is 1. The molecule has 0 saturated carbocycles. The molecule has 5 heteroatoms. The van der Waals surface area contributed by atoms with E-state index in [-0.39, 0.29) is 5.75 Å². The van der Waals surface area contributed by atoms with Gasteiger partial charge in [0.1, 0.15) is 0 Å². The zero-order chi connectivity index (χ0) is 17.2. The highest BCUT2D eigenvalue weighted by molar-refractivity contribution is 5.80. The SMILES string of the molecule is CCCCCCOc1c(F)cc(C=NNc2ccccc2)cc1F. The molecule has 1 N–H and O–H groups in total. The number of hydrazone groups is 1. The molecule has 0 radical (unpaired) electrons. The summed E-state index contributed by atoms with van der Waals surface area (Å²) in [7, 11) is 0. The van der Waals surface area contributed by atoms with Gasteiger partial charge in [-0.1, -0.05) is 44.4 Å². The second-order valence-electron chi connectivity index (χ2n) is 5.46. The van der Waals surface area contributed by atoms with E-state index in [0.29, 0.717) is 12.2 Å². The Hall–Kier alpha value is -2.43. The fourth-order valence-corrected chi connectivity index (χ4v) is 2.19. The zero-order valence-corrected chi connectivity index (χ0v) is 13.8. The second-order valence-corrected chi connectivity index (χ2v) is 5.46. The molecule has 0 heterocycles. The summed E-state index contributed by atoms with van der Waals surface area (Å²) in [5, 5.41) is 3.97. The van der Waals surface area contributed by atoms with Gasteiger partial charge in [-0.15, -0.1) is 0 Å². The molecule has 0 spiro atoms. The molecular weight excluding hydrogens is 310 g/mol. The highest BCUT2D eigenvalue weighted by Gasteiger charge is 2.12. The van der Waals surface area contributed by atoms with Gasteiger partial charge in [0.2, 0.25) is 0 Å². The Morgan fingerprint density at radius 1 is 1.04 bits per heavy atom. The van der Waals surface area contributed by atoms with Gasteiger partial charge in [-0.25, -0.2) is 8.78 Å². The van der Waals surface area contributed by atoms with Crippen molar-refractivity contribution in [2.75, 3.05) is 12.0 Å². The van der Waals surface area contributed by atoms with Gasteiger partial charge in [-0.05, 0) is 30.7 Å². The van der Waals surface area contributed by atoms with E-state index in [4.69, 9.17) is 4.74 Å². The van der Waals surface area contributed by atoms with E-state index in [1.165, 1.54) is 18.3 Å². The number of halogens is 2. The molecule has 0 aliphatic rings. The molecule has 2 rings (SSSR count). The van der Waals surface area contributed by atoms with Crippen LogP contribution in [0, 0.1) is 11.6 Å². The van der Waals surface area contributed by atoms with Gasteiger partial charge in [0.05, 0.1) is 18.5 Å². The minimum absolute atomic E-state index is 0.316. The van der Waals surface area contributed by atoms with Crippen LogP contribution in [0.15, 0.2) is 47.6 Å². The van der Waals surface area contributed by atoms with Crippen LogP contribution in [0.5, 0.6) is 5.75 Å². The van der Waals surface area contributed by atoms with Crippen molar-refractivity contribution in [3.63, 3.8) is 0 Å². The lowest BCUT2D eigenvalue weighted by Crippen LogP contribution is -2.03. The quantitative estimate of drug-likeness (QED) is 0.380. The van der Waals surface area contributed by atoms with Crippen LogP contribution in [0.3, 0.4) is 0 Å². The summed E-state index contributed by atoms with van der Waals surface area (Å²) >= 11 is 0. The van der Waals surface area contributed by atoms with Gasteiger partial charge < -0.3 is 4.74 Å². The van der Waals surface area contributed by atoms with Crippen molar-refractivity contribution in [1.29, 1.82) is 0 Å². The molecule has 0 bridgehead atoms. The summed E-state index contributed by atoms with van der Waals surface area (Å²) < 4.78 is 33.2. The molecular formula is C19H22F2N2O. The largest absolute Gasteiger partial charge is 0.488 e. The molecule has 0 amide bonds. The normalized spacial score (nSPS) is 11.0. The standard InChI is InChI=1S/C19H22F2N2O/c1-2-3-4-8-11-24-19-17(20)12-15(13-18(19)21)14-22-23-16-9-6-5-7-10-16/h5-7,9-10,12-14,23H,2-4,8,11H2,1H3. The fourth-order valence-electron chi connectivity index (χ4n) is 2.19. The van der Waals surface area contributed by atoms with Crippen LogP contribution in [0.1, 0.15) is 38.2 Å². The minimum Gasteiger partial charge on any atom is -0.488 e. The molecule has 3 nitrogen and oxygen atoms in total. The Kier molecular flexibility index (Phi) is 7.21. The lowest BCUT2D eigenvalue weighted by molar-refractivity contribution is 0.275. The fraction of sp³-hybridized carbons (Fsp3) is 0.316. The number of ether oxygens (including phenoxy) is 1. The van der Waals surface area contributed by atoms with Crippen molar-refractivity contribution in [3.8, 4) is 5.75 Å². The summed E-state index contributed by atoms with van der Waals surface area (Å²) in [4.78, 5) is 0. The van der Waals surface area contributed by atoms with Gasteiger partial charge in [0.25, 0.3) is 0 Å². The van der Waals surface area contributed by atoms with Gasteiger partial charge in [0.15, 0.2) is 17.4 Å². The molecule has 24 heavy (non-hydrogen) atoms. The first-order valence-electron chi connectivity index (χ1n) is 8.16. The molecule has 0 aliphatic heterocycles. The smallest absolute Gasteiger partial charge is 0.190 e. The summed E-state index contributed by atoms with van der Waals surface area (Å²) in [5.74, 6) is -1.75. The maximum Gasteiger partial charge on any atom is 0.190 e. The monoisotopic (exact) mass is 332 g/mol. The molecule has 0 unspecified atom stereocenters. The predicted molar refractivity (Wildman–Crippen MR) is 93.7 cm³/mol. The number of unbranched alkanes of at least 4 members (excludes halogenated alkanes) is 3. The maximum atomic E-state index is 14.0. The predicted octanol–water partition coefficient (Wildman–Crippen LogP) is 5.37. The number of nitrogens with one attached hydrogen (secondary N) is 1. The van der Waals surface area contributed by atoms with Crippen molar-refractivity contribution in [1.82, 2.24) is 0 Å². The molecule has 2 aromatic carbocycles. The van der Waals surface area contributed by atoms with Crippen LogP contribution in [0.25, 0.3) is 0 Å². The van der Waals surface area contributed by atoms with Crippen LogP contribution in [0.2, 0.25) is 0 Å². The molecule has 0 aromatic heterocycles. The highest BCUT2D eigenvalue weighted by atomic mass is 19.1. The average molecular weight is 332 g/mol. The topological polar surface area (TPSA) is 33.6 Å². The van der Waals surface area contributed by atoms with Crippen LogP contribution in [0.4, 0.5) is 14.5 Å². The number of hydrogen-bond acceptors (Lipinski definition) is 3. The number of rotatable bonds is 9. The van der Waals surface area contributed by atoms with Crippen molar-refractivity contribution >= 4 is 11.9 Å². The van der Waals surface area contributed by atoms with E-state index >= 15 is 0 Å². The Morgan fingerprint density at radius 3 is 2.42 bits per heavy atom. The van der Waals surface area contributed by atoms with Gasteiger partial charge in [-0.3, -0.25) is 5.43 Å². The van der Waals surface area contributed by atoms with Crippen LogP contribution in [-0.2, 0) is 0 Å². The number of nitrogens with zero attached hydrogens (tertiary/aromatic N) is 1. The molecule has 2 aromatic rings. The maximum absolute atomic E-state index is 14.0. The molecule has 0 aliphatic carbocycles.